The van der Waals surface area contributed by atoms with E-state index < -0.39 is 0 Å². The van der Waals surface area contributed by atoms with E-state index >= 15 is 0 Å². The van der Waals surface area contributed by atoms with Crippen LogP contribution in [0.5, 0.6) is 0 Å². The minimum atomic E-state index is 0.238. The second kappa shape index (κ2) is 9.61. The Hall–Kier alpha value is -2.08. The molecule has 29 heavy (non-hydrogen) atoms. The van der Waals surface area contributed by atoms with Crippen LogP contribution in [-0.4, -0.2) is 59.9 Å². The lowest BCUT2D eigenvalue weighted by molar-refractivity contribution is -0.131. The largest absolute Gasteiger partial charge is 0.357 e. The van der Waals surface area contributed by atoms with E-state index in [-0.39, 0.29) is 5.91 Å². The van der Waals surface area contributed by atoms with Crippen molar-refractivity contribution in [1.82, 2.24) is 20.4 Å². The van der Waals surface area contributed by atoms with Crippen molar-refractivity contribution < 1.29 is 4.79 Å². The number of carbonyl (C=O) groups is 1. The molecule has 1 aliphatic carbocycles. The average Bonchev–Trinajstić information content (AvgIpc) is 3.49. The summed E-state index contributed by atoms with van der Waals surface area (Å²) in [6, 6.07) is 9.72. The SMILES string of the molecule is CCNC(=NCCCC(=O)N1Cc2ccccc2C1)NC1CCN(C2CC2)CC1. The monoisotopic (exact) mass is 397 g/mol. The molecule has 0 bridgehead atoms. The molecular formula is C23H35N5O. The molecule has 2 N–H and O–H groups in total. The molecule has 6 nitrogen and oxygen atoms in total. The highest BCUT2D eigenvalue weighted by Gasteiger charge is 2.31. The second-order valence-corrected chi connectivity index (χ2v) is 8.57. The summed E-state index contributed by atoms with van der Waals surface area (Å²) < 4.78 is 0. The summed E-state index contributed by atoms with van der Waals surface area (Å²) in [6.07, 6.45) is 6.53. The van der Waals surface area contributed by atoms with Gasteiger partial charge < -0.3 is 20.4 Å². The Bertz CT molecular complexity index is 697. The highest BCUT2D eigenvalue weighted by Crippen LogP contribution is 2.29. The molecule has 0 atom stereocenters. The smallest absolute Gasteiger partial charge is 0.223 e. The number of nitrogens with one attached hydrogen (secondary N) is 2. The van der Waals surface area contributed by atoms with E-state index in [1.807, 2.05) is 17.0 Å². The van der Waals surface area contributed by atoms with Crippen molar-refractivity contribution in [3.63, 3.8) is 0 Å². The van der Waals surface area contributed by atoms with Crippen LogP contribution in [-0.2, 0) is 17.9 Å². The van der Waals surface area contributed by atoms with Crippen molar-refractivity contribution in [2.45, 2.75) is 70.6 Å². The Kier molecular flexibility index (Phi) is 6.70. The maximum Gasteiger partial charge on any atom is 0.223 e. The highest BCUT2D eigenvalue weighted by molar-refractivity contribution is 5.80. The molecule has 158 valence electrons. The third-order valence-electron chi connectivity index (χ3n) is 6.29. The molecule has 2 fully saturated rings. The standard InChI is InChI=1S/C23H35N5O/c1-2-24-23(26-20-11-14-27(15-12-20)21-9-10-21)25-13-5-8-22(29)28-16-18-6-3-4-7-19(18)17-28/h3-4,6-7,20-21H,2,5,8-17H2,1H3,(H2,24,25,26). The Balaban J connectivity index is 1.18. The predicted octanol–water partition coefficient (Wildman–Crippen LogP) is 2.49. The molecule has 1 aromatic rings. The first kappa shape index (κ1) is 20.2. The molecular weight excluding hydrogens is 362 g/mol. The number of rotatable bonds is 7. The lowest BCUT2D eigenvalue weighted by Crippen LogP contribution is -2.49. The van der Waals surface area contributed by atoms with Gasteiger partial charge in [-0.2, -0.15) is 0 Å². The van der Waals surface area contributed by atoms with Crippen LogP contribution < -0.4 is 10.6 Å². The molecule has 1 aromatic carbocycles. The van der Waals surface area contributed by atoms with Gasteiger partial charge in [-0.25, -0.2) is 0 Å². The third-order valence-corrected chi connectivity index (χ3v) is 6.29. The minimum Gasteiger partial charge on any atom is -0.357 e. The van der Waals surface area contributed by atoms with Gasteiger partial charge in [-0.15, -0.1) is 0 Å². The van der Waals surface area contributed by atoms with Gasteiger partial charge in [0.15, 0.2) is 5.96 Å². The van der Waals surface area contributed by atoms with Gasteiger partial charge in [0.05, 0.1) is 0 Å². The van der Waals surface area contributed by atoms with Crippen molar-refractivity contribution in [3.8, 4) is 0 Å². The molecule has 3 aliphatic rings. The lowest BCUT2D eigenvalue weighted by atomic mass is 10.1. The zero-order valence-corrected chi connectivity index (χ0v) is 17.7. The van der Waals surface area contributed by atoms with Crippen LogP contribution in [0.1, 0.15) is 56.6 Å². The summed E-state index contributed by atoms with van der Waals surface area (Å²) in [5, 5.41) is 6.97. The normalized spacial score (nSPS) is 20.6. The number of guanidine groups is 1. The number of likely N-dealkylation sites (tertiary alicyclic amines) is 1. The molecule has 6 heteroatoms. The Morgan fingerprint density at radius 3 is 2.41 bits per heavy atom. The van der Waals surface area contributed by atoms with Gasteiger partial charge in [-0.1, -0.05) is 24.3 Å². The fourth-order valence-electron chi connectivity index (χ4n) is 4.45. The van der Waals surface area contributed by atoms with Crippen molar-refractivity contribution in [3.05, 3.63) is 35.4 Å². The van der Waals surface area contributed by atoms with Crippen LogP contribution in [0.3, 0.4) is 0 Å². The van der Waals surface area contributed by atoms with E-state index in [1.54, 1.807) is 0 Å². The number of hydrogen-bond acceptors (Lipinski definition) is 3. The molecule has 2 aliphatic heterocycles. The molecule has 4 rings (SSSR count). The maximum atomic E-state index is 12.5. The van der Waals surface area contributed by atoms with Gasteiger partial charge in [0.25, 0.3) is 0 Å². The van der Waals surface area contributed by atoms with Crippen LogP contribution in [0, 0.1) is 0 Å². The maximum absolute atomic E-state index is 12.5. The van der Waals surface area contributed by atoms with Crippen molar-refractivity contribution in [1.29, 1.82) is 0 Å². The van der Waals surface area contributed by atoms with E-state index in [4.69, 9.17) is 4.99 Å². The van der Waals surface area contributed by atoms with Crippen LogP contribution >= 0.6 is 0 Å². The number of piperidine rings is 1. The number of nitrogens with zero attached hydrogens (tertiary/aromatic N) is 3. The molecule has 0 spiro atoms. The lowest BCUT2D eigenvalue weighted by Gasteiger charge is -2.33. The van der Waals surface area contributed by atoms with Crippen molar-refractivity contribution >= 4 is 11.9 Å². The summed E-state index contributed by atoms with van der Waals surface area (Å²) >= 11 is 0. The van der Waals surface area contributed by atoms with Crippen molar-refractivity contribution in [2.75, 3.05) is 26.2 Å². The number of benzene rings is 1. The van der Waals surface area contributed by atoms with Crippen LogP contribution in [0.25, 0.3) is 0 Å². The van der Waals surface area contributed by atoms with Gasteiger partial charge in [0.1, 0.15) is 0 Å². The molecule has 1 saturated heterocycles. The van der Waals surface area contributed by atoms with Crippen molar-refractivity contribution in [2.24, 2.45) is 4.99 Å². The summed E-state index contributed by atoms with van der Waals surface area (Å²) in [6.45, 7) is 7.55. The number of amides is 1. The Morgan fingerprint density at radius 1 is 1.10 bits per heavy atom. The number of hydrogen-bond donors (Lipinski definition) is 2. The Labute approximate surface area is 174 Å². The molecule has 1 saturated carbocycles. The fraction of sp³-hybridized carbons (Fsp3) is 0.652. The molecule has 0 radical (unpaired) electrons. The van der Waals surface area contributed by atoms with E-state index in [0.29, 0.717) is 19.0 Å². The average molecular weight is 398 g/mol. The molecule has 1 amide bonds. The fourth-order valence-corrected chi connectivity index (χ4v) is 4.45. The van der Waals surface area contributed by atoms with Crippen LogP contribution in [0.4, 0.5) is 0 Å². The summed E-state index contributed by atoms with van der Waals surface area (Å²) in [5.74, 6) is 1.14. The first-order chi connectivity index (χ1) is 14.2. The van der Waals surface area contributed by atoms with Gasteiger partial charge in [-0.3, -0.25) is 9.79 Å². The number of fused-ring (bicyclic) bond motifs is 1. The predicted molar refractivity (Wildman–Crippen MR) is 117 cm³/mol. The highest BCUT2D eigenvalue weighted by atomic mass is 16.2. The first-order valence-corrected chi connectivity index (χ1v) is 11.4. The summed E-state index contributed by atoms with van der Waals surface area (Å²) in [4.78, 5) is 21.9. The zero-order valence-electron chi connectivity index (χ0n) is 17.7. The Morgan fingerprint density at radius 2 is 1.79 bits per heavy atom. The molecule has 0 unspecified atom stereocenters. The van der Waals surface area contributed by atoms with Crippen LogP contribution in [0.15, 0.2) is 29.3 Å². The first-order valence-electron chi connectivity index (χ1n) is 11.4. The van der Waals surface area contributed by atoms with E-state index in [2.05, 4.69) is 34.6 Å². The van der Waals surface area contributed by atoms with E-state index in [0.717, 1.165) is 38.1 Å². The summed E-state index contributed by atoms with van der Waals surface area (Å²) in [5.41, 5.74) is 2.57. The summed E-state index contributed by atoms with van der Waals surface area (Å²) in [7, 11) is 0. The van der Waals surface area contributed by atoms with Gasteiger partial charge in [0.2, 0.25) is 5.91 Å². The van der Waals surface area contributed by atoms with Crippen LogP contribution in [0.2, 0.25) is 0 Å². The quantitative estimate of drug-likeness (QED) is 0.422. The molecule has 2 heterocycles. The number of aliphatic imine (C=N–C) groups is 1. The number of carbonyl (C=O) groups excluding carboxylic acids is 1. The molecule has 0 aromatic heterocycles. The van der Waals surface area contributed by atoms with Gasteiger partial charge >= 0.3 is 0 Å². The van der Waals surface area contributed by atoms with Gasteiger partial charge in [-0.05, 0) is 50.2 Å². The minimum absolute atomic E-state index is 0.238. The zero-order chi connectivity index (χ0) is 20.1. The topological polar surface area (TPSA) is 60.0 Å². The van der Waals surface area contributed by atoms with E-state index in [9.17, 15) is 4.79 Å². The second-order valence-electron chi connectivity index (χ2n) is 8.57. The van der Waals surface area contributed by atoms with Gasteiger partial charge in [0, 0.05) is 57.8 Å². The third kappa shape index (κ3) is 5.50. The van der Waals surface area contributed by atoms with E-state index in [1.165, 1.54) is 49.9 Å².